The minimum absolute atomic E-state index is 0. The summed E-state index contributed by atoms with van der Waals surface area (Å²) in [6.45, 7) is 2.63. The van der Waals surface area contributed by atoms with Crippen molar-refractivity contribution in [2.75, 3.05) is 19.7 Å². The Kier molecular flexibility index (Phi) is 18.7. The number of benzene rings is 4. The van der Waals surface area contributed by atoms with Crippen LogP contribution in [0.15, 0.2) is 97.1 Å². The summed E-state index contributed by atoms with van der Waals surface area (Å²) < 4.78 is 0. The Morgan fingerprint density at radius 2 is 1.00 bits per heavy atom. The van der Waals surface area contributed by atoms with Crippen molar-refractivity contribution in [3.05, 3.63) is 119 Å². The van der Waals surface area contributed by atoms with E-state index in [1.807, 2.05) is 92.7 Å². The third-order valence-electron chi connectivity index (χ3n) is 6.35. The average molecular weight is 638 g/mol. The number of aliphatic hydroxyl groups excluding tert-OH is 1. The van der Waals surface area contributed by atoms with Crippen LogP contribution in [0.2, 0.25) is 0 Å². The predicted molar refractivity (Wildman–Crippen MR) is 178 cm³/mol. The molecule has 0 saturated heterocycles. The second-order valence-electron chi connectivity index (χ2n) is 9.14. The van der Waals surface area contributed by atoms with Crippen molar-refractivity contribution in [2.45, 2.75) is 21.3 Å². The summed E-state index contributed by atoms with van der Waals surface area (Å²) in [5.41, 5.74) is 6.73. The molecule has 0 radical (unpaired) electrons. The minimum Gasteiger partial charge on any atom is -0.480 e. The third kappa shape index (κ3) is 12.0. The van der Waals surface area contributed by atoms with Crippen molar-refractivity contribution in [1.29, 1.82) is 0 Å². The van der Waals surface area contributed by atoms with Gasteiger partial charge >= 0.3 is 5.97 Å². The Labute approximate surface area is 269 Å². The molecule has 0 aliphatic rings. The van der Waals surface area contributed by atoms with Gasteiger partial charge in [-0.25, -0.2) is 5.90 Å². The number of hydrogen-bond acceptors (Lipinski definition) is 7. The van der Waals surface area contributed by atoms with Gasteiger partial charge in [0.25, 0.3) is 11.8 Å². The molecule has 10 nitrogen and oxygen atoms in total. The van der Waals surface area contributed by atoms with Gasteiger partial charge in [0, 0.05) is 11.1 Å². The molecule has 0 saturated carbocycles. The van der Waals surface area contributed by atoms with Crippen LogP contribution in [0, 0.1) is 13.8 Å². The number of amides is 2. The molecule has 4 rings (SSSR count). The normalized spacial score (nSPS) is 9.36. The van der Waals surface area contributed by atoms with Gasteiger partial charge in [0.2, 0.25) is 0 Å². The minimum atomic E-state index is -1.06. The molecule has 0 atom stereocenters. The number of nitrogens with two attached hydrogens (primary N) is 1. The van der Waals surface area contributed by atoms with Crippen LogP contribution in [0.4, 0.5) is 0 Å². The van der Waals surface area contributed by atoms with Gasteiger partial charge in [0.15, 0.2) is 5.78 Å². The molecule has 4 aromatic carbocycles. The first-order valence-electron chi connectivity index (χ1n) is 13.2. The zero-order valence-electron chi connectivity index (χ0n) is 24.3. The van der Waals surface area contributed by atoms with Crippen LogP contribution in [-0.4, -0.2) is 58.7 Å². The number of aliphatic carboxylic acids is 1. The van der Waals surface area contributed by atoms with Crippen molar-refractivity contribution >= 4 is 36.0 Å². The second-order valence-corrected chi connectivity index (χ2v) is 9.14. The highest BCUT2D eigenvalue weighted by Crippen LogP contribution is 2.26. The van der Waals surface area contributed by atoms with E-state index in [4.69, 9.17) is 15.4 Å². The highest BCUT2D eigenvalue weighted by atomic mass is 35.5. The van der Waals surface area contributed by atoms with E-state index in [9.17, 15) is 19.2 Å². The highest BCUT2D eigenvalue weighted by Gasteiger charge is 2.14. The number of carbonyl (C=O) groups is 4. The fraction of sp³-hybridized carbons (Fsp3) is 0.176. The van der Waals surface area contributed by atoms with E-state index in [1.54, 1.807) is 18.2 Å². The number of carboxylic acids is 1. The molecular weight excluding hydrogens is 598 g/mol. The van der Waals surface area contributed by atoms with Gasteiger partial charge in [-0.3, -0.25) is 19.2 Å². The second kappa shape index (κ2) is 20.9. The number of ketones is 1. The van der Waals surface area contributed by atoms with Gasteiger partial charge < -0.3 is 26.1 Å². The van der Waals surface area contributed by atoms with Crippen molar-refractivity contribution < 1.29 is 34.6 Å². The number of nitrogens with one attached hydrogen (secondary N) is 2. The summed E-state index contributed by atoms with van der Waals surface area (Å²) in [5, 5.41) is 28.7. The third-order valence-corrected chi connectivity index (χ3v) is 6.35. The van der Waals surface area contributed by atoms with E-state index in [0.29, 0.717) is 11.1 Å². The Morgan fingerprint density at radius 3 is 1.36 bits per heavy atom. The van der Waals surface area contributed by atoms with Gasteiger partial charge in [0.1, 0.15) is 13.2 Å². The van der Waals surface area contributed by atoms with E-state index in [0.717, 1.165) is 33.4 Å². The van der Waals surface area contributed by atoms with Crippen molar-refractivity contribution in [2.24, 2.45) is 5.90 Å². The molecular formula is C34H40ClN3O7. The molecule has 0 bridgehead atoms. The number of hydrogen-bond donors (Lipinski definition) is 6. The lowest BCUT2D eigenvalue weighted by Gasteiger charge is -2.11. The molecule has 0 fully saturated rings. The van der Waals surface area contributed by atoms with E-state index in [1.165, 1.54) is 0 Å². The zero-order chi connectivity index (χ0) is 31.8. The summed E-state index contributed by atoms with van der Waals surface area (Å²) in [6.07, 6.45) is 0. The van der Waals surface area contributed by atoms with Crippen LogP contribution < -0.4 is 16.5 Å². The maximum Gasteiger partial charge on any atom is 0.322 e. The average Bonchev–Trinajstić information content (AvgIpc) is 3.04. The molecule has 4 aromatic rings. The van der Waals surface area contributed by atoms with E-state index >= 15 is 0 Å². The van der Waals surface area contributed by atoms with Crippen LogP contribution in [-0.2, 0) is 9.59 Å². The lowest BCUT2D eigenvalue weighted by atomic mass is 9.96. The van der Waals surface area contributed by atoms with Gasteiger partial charge in [-0.2, -0.15) is 0 Å². The van der Waals surface area contributed by atoms with Crippen LogP contribution in [0.1, 0.15) is 39.3 Å². The summed E-state index contributed by atoms with van der Waals surface area (Å²) in [4.78, 5) is 45.7. The monoisotopic (exact) mass is 637 g/mol. The van der Waals surface area contributed by atoms with Gasteiger partial charge in [-0.1, -0.05) is 92.4 Å². The maximum atomic E-state index is 12.1. The number of halogens is 1. The molecule has 0 aromatic heterocycles. The Bertz CT molecular complexity index is 1530. The van der Waals surface area contributed by atoms with Crippen molar-refractivity contribution in [3.8, 4) is 22.3 Å². The topological polar surface area (TPSA) is 179 Å². The number of carbonyl (C=O) groups excluding carboxylic acids is 3. The quantitative estimate of drug-likeness (QED) is 0.141. The maximum absolute atomic E-state index is 12.1. The fourth-order valence-electron chi connectivity index (χ4n) is 4.21. The molecule has 0 aliphatic heterocycles. The Morgan fingerprint density at radius 1 is 0.622 bits per heavy atom. The number of carboxylic acid groups (broad SMARTS) is 1. The van der Waals surface area contributed by atoms with Gasteiger partial charge in [-0.15, -0.1) is 12.4 Å². The molecule has 2 amide bonds. The first kappa shape index (κ1) is 40.1. The molecule has 0 spiro atoms. The largest absolute Gasteiger partial charge is 0.480 e. The Balaban J connectivity index is 0.000000783. The molecule has 0 heterocycles. The lowest BCUT2D eigenvalue weighted by Crippen LogP contribution is -2.31. The number of Topliss-reactive ketones (excluding diaryl/α,β-unsaturated/α-hetero) is 1. The summed E-state index contributed by atoms with van der Waals surface area (Å²) in [7, 11) is 0. The molecule has 11 heteroatoms. The summed E-state index contributed by atoms with van der Waals surface area (Å²) in [6, 6.07) is 30.5. The van der Waals surface area contributed by atoms with Crippen molar-refractivity contribution in [1.82, 2.24) is 10.6 Å². The predicted octanol–water partition coefficient (Wildman–Crippen LogP) is 4.82. The molecule has 45 heavy (non-hydrogen) atoms. The van der Waals surface area contributed by atoms with Crippen LogP contribution in [0.25, 0.3) is 22.3 Å². The fourth-order valence-corrected chi connectivity index (χ4v) is 4.21. The van der Waals surface area contributed by atoms with E-state index in [2.05, 4.69) is 16.5 Å². The zero-order valence-corrected chi connectivity index (χ0v) is 25.1. The molecule has 7 N–H and O–H groups in total. The summed E-state index contributed by atoms with van der Waals surface area (Å²) in [5.74, 6) is 1.34. The number of aliphatic hydroxyl groups is 1. The molecule has 0 unspecified atom stereocenters. The smallest absolute Gasteiger partial charge is 0.322 e. The van der Waals surface area contributed by atoms with E-state index in [-0.39, 0.29) is 44.7 Å². The standard InChI is InChI=1S/C17H17NO3.C16H15NO3.CH4.ClH.H3NO/c1-12-15(13-6-3-2-4-7-13)8-5-9-16(12)17(21)18-10-14(20)11-19;1-11-13(12-6-3-2-4-7-12)8-5-9-14(11)16(20)17-10-15(18)19;;;1-2/h2-9,19H,10-11H2,1H3,(H,18,21);2-9H,10H2,1H3,(H,17,20)(H,18,19);1H4;1H;2H,1H2. The Hall–Kier alpha value is -4.87. The van der Waals surface area contributed by atoms with E-state index < -0.39 is 18.4 Å². The summed E-state index contributed by atoms with van der Waals surface area (Å²) >= 11 is 0. The van der Waals surface area contributed by atoms with Crippen LogP contribution in [0.3, 0.4) is 0 Å². The van der Waals surface area contributed by atoms with Crippen molar-refractivity contribution in [3.63, 3.8) is 0 Å². The first-order chi connectivity index (χ1) is 20.7. The van der Waals surface area contributed by atoms with Gasteiger partial charge in [0.05, 0.1) is 6.54 Å². The molecule has 0 aliphatic carbocycles. The molecule has 240 valence electrons. The van der Waals surface area contributed by atoms with Crippen LogP contribution in [0.5, 0.6) is 0 Å². The lowest BCUT2D eigenvalue weighted by molar-refractivity contribution is -0.135. The number of rotatable bonds is 9. The highest BCUT2D eigenvalue weighted by molar-refractivity contribution is 6.00. The van der Waals surface area contributed by atoms with Crippen LogP contribution >= 0.6 is 12.4 Å². The first-order valence-corrected chi connectivity index (χ1v) is 13.2. The SMILES string of the molecule is C.Cc1c(C(=O)NCC(=O)CO)cccc1-c1ccccc1.Cc1c(C(=O)NCC(=O)O)cccc1-c1ccccc1.Cl.NO. The van der Waals surface area contributed by atoms with Gasteiger partial charge in [-0.05, 0) is 59.4 Å².